The minimum atomic E-state index is -2.99. The Hall–Kier alpha value is 1.15. The minimum Gasteiger partial charge on any atom is -0.799 e. The van der Waals surface area contributed by atoms with Gasteiger partial charge in [0.1, 0.15) is 0 Å². The summed E-state index contributed by atoms with van der Waals surface area (Å²) >= 11 is 0. The average Bonchev–Trinajstić information content (AvgIpc) is 2.40. The van der Waals surface area contributed by atoms with Gasteiger partial charge in [0.25, 0.3) is 0 Å². The molecule has 0 heterocycles. The molecule has 2 aliphatic rings. The molecule has 2 unspecified atom stereocenters. The maximum Gasteiger partial charge on any atom is 2.00 e. The quantitative estimate of drug-likeness (QED) is 0.569. The predicted octanol–water partition coefficient (Wildman–Crippen LogP) is 2.79. The number of hydrogen-bond acceptors (Lipinski definition) is 4. The third-order valence-corrected chi connectivity index (χ3v) is 8.16. The van der Waals surface area contributed by atoms with Crippen LogP contribution in [-0.2, 0) is 9.13 Å². The van der Waals surface area contributed by atoms with Crippen molar-refractivity contribution in [3.05, 3.63) is 0 Å². The van der Waals surface area contributed by atoms with E-state index >= 15 is 0 Å². The van der Waals surface area contributed by atoms with E-state index in [9.17, 15) is 18.9 Å². The Morgan fingerprint density at radius 2 is 0.905 bits per heavy atom. The van der Waals surface area contributed by atoms with Gasteiger partial charge in [-0.25, -0.2) is 0 Å². The summed E-state index contributed by atoms with van der Waals surface area (Å²) in [5, 5.41) is 0. The van der Waals surface area contributed by atoms with Gasteiger partial charge in [-0.2, -0.15) is 0 Å². The Bertz CT molecular complexity index is 329. The van der Waals surface area contributed by atoms with Crippen molar-refractivity contribution in [3.63, 3.8) is 0 Å². The van der Waals surface area contributed by atoms with Crippen molar-refractivity contribution >= 4 is 37.8 Å². The van der Waals surface area contributed by atoms with Crippen LogP contribution in [0.4, 0.5) is 0 Å². The Balaban J connectivity index is 0.000000364. The van der Waals surface area contributed by atoms with E-state index in [4.69, 9.17) is 0 Å². The van der Waals surface area contributed by atoms with E-state index in [-0.39, 0.29) is 34.4 Å². The summed E-state index contributed by atoms with van der Waals surface area (Å²) < 4.78 is 22.0. The summed E-state index contributed by atoms with van der Waals surface area (Å²) in [6.07, 6.45) is 10.4. The molecular formula is C14H28MgO4P2. The summed E-state index contributed by atoms with van der Waals surface area (Å²) in [4.78, 5) is 22.0. The molecule has 120 valence electrons. The van der Waals surface area contributed by atoms with E-state index < -0.39 is 14.7 Å². The van der Waals surface area contributed by atoms with Crippen LogP contribution in [0.25, 0.3) is 0 Å². The molecule has 0 amide bonds. The van der Waals surface area contributed by atoms with Crippen LogP contribution in [0.2, 0.25) is 0 Å². The predicted molar refractivity (Wildman–Crippen MR) is 86.6 cm³/mol. The third-order valence-electron chi connectivity index (χ3n) is 4.48. The molecule has 7 heteroatoms. The molecule has 0 bridgehead atoms. The third kappa shape index (κ3) is 9.13. The van der Waals surface area contributed by atoms with Crippen molar-refractivity contribution in [2.45, 2.75) is 75.5 Å². The number of rotatable bonds is 2. The van der Waals surface area contributed by atoms with Gasteiger partial charge in [0.2, 0.25) is 0 Å². The van der Waals surface area contributed by atoms with Crippen molar-refractivity contribution in [2.24, 2.45) is 0 Å². The van der Waals surface area contributed by atoms with Crippen molar-refractivity contribution in [1.29, 1.82) is 0 Å². The first-order valence-corrected chi connectivity index (χ1v) is 12.1. The second-order valence-electron chi connectivity index (χ2n) is 6.40. The van der Waals surface area contributed by atoms with Crippen molar-refractivity contribution < 1.29 is 18.9 Å². The Morgan fingerprint density at radius 3 is 1.05 bits per heavy atom. The molecule has 2 fully saturated rings. The molecule has 4 nitrogen and oxygen atoms in total. The van der Waals surface area contributed by atoms with E-state index in [0.29, 0.717) is 0 Å². The second kappa shape index (κ2) is 10.1. The molecule has 0 N–H and O–H groups in total. The molecule has 21 heavy (non-hydrogen) atoms. The number of hydrogen-bond donors (Lipinski definition) is 0. The second-order valence-corrected chi connectivity index (χ2v) is 11.5. The first kappa shape index (κ1) is 22.1. The molecule has 2 saturated carbocycles. The Kier molecular flexibility index (Phi) is 10.7. The van der Waals surface area contributed by atoms with Gasteiger partial charge < -0.3 is 18.9 Å². The molecule has 2 aliphatic carbocycles. The molecule has 0 saturated heterocycles. The monoisotopic (exact) mass is 346 g/mol. The van der Waals surface area contributed by atoms with Crippen LogP contribution < -0.4 is 9.79 Å². The van der Waals surface area contributed by atoms with Crippen molar-refractivity contribution in [1.82, 2.24) is 0 Å². The maximum atomic E-state index is 11.0. The molecule has 0 aromatic rings. The van der Waals surface area contributed by atoms with E-state index in [1.807, 2.05) is 0 Å². The van der Waals surface area contributed by atoms with Gasteiger partial charge in [-0.3, -0.25) is 0 Å². The van der Waals surface area contributed by atoms with Gasteiger partial charge in [-0.1, -0.05) is 38.5 Å². The SMILES string of the molecule is CP(=O)([O-])C1CCCCC1.CP(=O)([O-])C1CCCCC1.[Mg+2]. The summed E-state index contributed by atoms with van der Waals surface area (Å²) in [6, 6.07) is 0. The molecule has 0 radical (unpaired) electrons. The molecule has 0 aromatic carbocycles. The molecule has 0 aliphatic heterocycles. The zero-order valence-corrected chi connectivity index (χ0v) is 16.7. The van der Waals surface area contributed by atoms with Crippen LogP contribution >= 0.6 is 14.7 Å². The van der Waals surface area contributed by atoms with Gasteiger partial charge in [0.15, 0.2) is 0 Å². The molecule has 0 aromatic heterocycles. The normalized spacial score (nSPS) is 26.5. The largest absolute Gasteiger partial charge is 2.00 e. The van der Waals surface area contributed by atoms with Gasteiger partial charge in [0, 0.05) is 14.7 Å². The van der Waals surface area contributed by atoms with Crippen LogP contribution in [0.5, 0.6) is 0 Å². The summed E-state index contributed by atoms with van der Waals surface area (Å²) in [5.74, 6) is 0. The average molecular weight is 347 g/mol. The summed E-state index contributed by atoms with van der Waals surface area (Å²) in [5.41, 5.74) is 0.00231. The van der Waals surface area contributed by atoms with E-state index in [1.165, 1.54) is 26.2 Å². The van der Waals surface area contributed by atoms with Crippen LogP contribution in [-0.4, -0.2) is 47.7 Å². The minimum absolute atomic E-state index is 0. The molecular weight excluding hydrogens is 318 g/mol. The van der Waals surface area contributed by atoms with Crippen LogP contribution in [0, 0.1) is 0 Å². The Morgan fingerprint density at radius 1 is 0.667 bits per heavy atom. The van der Waals surface area contributed by atoms with Gasteiger partial charge in [-0.15, -0.1) is 0 Å². The first-order chi connectivity index (χ1) is 9.21. The fraction of sp³-hybridized carbons (Fsp3) is 1.00. The van der Waals surface area contributed by atoms with Crippen LogP contribution in [0.15, 0.2) is 0 Å². The molecule has 2 atom stereocenters. The van der Waals surface area contributed by atoms with Gasteiger partial charge in [-0.05, 0) is 50.3 Å². The molecule has 0 spiro atoms. The van der Waals surface area contributed by atoms with Crippen LogP contribution in [0.3, 0.4) is 0 Å². The fourth-order valence-corrected chi connectivity index (χ4v) is 5.71. The van der Waals surface area contributed by atoms with Crippen molar-refractivity contribution in [2.75, 3.05) is 13.3 Å². The van der Waals surface area contributed by atoms with Crippen LogP contribution in [0.1, 0.15) is 64.2 Å². The van der Waals surface area contributed by atoms with E-state index in [0.717, 1.165) is 51.4 Å². The van der Waals surface area contributed by atoms with E-state index in [2.05, 4.69) is 0 Å². The van der Waals surface area contributed by atoms with Gasteiger partial charge >= 0.3 is 23.1 Å². The smallest absolute Gasteiger partial charge is 0.799 e. The van der Waals surface area contributed by atoms with E-state index in [1.54, 1.807) is 0 Å². The summed E-state index contributed by atoms with van der Waals surface area (Å²) in [7, 11) is -5.98. The zero-order chi connectivity index (χ0) is 15.2. The zero-order valence-electron chi connectivity index (χ0n) is 13.5. The molecule has 2 rings (SSSR count). The Labute approximate surface area is 145 Å². The maximum absolute atomic E-state index is 11.0. The van der Waals surface area contributed by atoms with Gasteiger partial charge in [0.05, 0.1) is 0 Å². The standard InChI is InChI=1S/2C7H15O2P.Mg/c2*1-10(8,9)7-5-3-2-4-6-7;/h2*7H,2-6H2,1H3,(H,8,9);/q;;+2/p-2. The van der Waals surface area contributed by atoms with Crippen molar-refractivity contribution in [3.8, 4) is 0 Å². The topological polar surface area (TPSA) is 80.3 Å². The first-order valence-electron chi connectivity index (χ1n) is 7.77. The summed E-state index contributed by atoms with van der Waals surface area (Å²) in [6.45, 7) is 2.76. The fourth-order valence-electron chi connectivity index (χ4n) is 3.10.